The van der Waals surface area contributed by atoms with Gasteiger partial charge in [-0.05, 0) is 79.9 Å². The maximum Gasteiger partial charge on any atom is 0.339 e. The zero-order valence-electron chi connectivity index (χ0n) is 19.2. The fourth-order valence-electron chi connectivity index (χ4n) is 3.50. The zero-order valence-corrected chi connectivity index (χ0v) is 21.5. The van der Waals surface area contributed by atoms with Crippen molar-refractivity contribution in [1.29, 1.82) is 0 Å². The van der Waals surface area contributed by atoms with Crippen LogP contribution in [0.3, 0.4) is 0 Å². The van der Waals surface area contributed by atoms with Gasteiger partial charge in [-0.15, -0.1) is 0 Å². The summed E-state index contributed by atoms with van der Waals surface area (Å²) in [5.41, 5.74) is 1.88. The summed E-state index contributed by atoms with van der Waals surface area (Å²) in [7, 11) is -3.79. The summed E-state index contributed by atoms with van der Waals surface area (Å²) in [6.07, 6.45) is 0.929. The van der Waals surface area contributed by atoms with Crippen LogP contribution in [-0.4, -0.2) is 39.2 Å². The van der Waals surface area contributed by atoms with Crippen LogP contribution < -0.4 is 5.32 Å². The van der Waals surface area contributed by atoms with Gasteiger partial charge in [-0.25, -0.2) is 13.2 Å². The lowest BCUT2D eigenvalue weighted by Gasteiger charge is -2.12. The summed E-state index contributed by atoms with van der Waals surface area (Å²) in [6.45, 7) is 2.98. The lowest BCUT2D eigenvalue weighted by atomic mass is 10.1. The molecule has 0 aliphatic carbocycles. The van der Waals surface area contributed by atoms with Gasteiger partial charge in [0.15, 0.2) is 0 Å². The molecule has 1 atom stereocenters. The van der Waals surface area contributed by atoms with E-state index in [1.165, 1.54) is 18.2 Å². The van der Waals surface area contributed by atoms with Gasteiger partial charge in [-0.1, -0.05) is 47.5 Å². The highest BCUT2D eigenvalue weighted by molar-refractivity contribution is 7.91. The fraction of sp³-hybridized carbons (Fsp3) is 0.269. The van der Waals surface area contributed by atoms with Gasteiger partial charge in [-0.3, -0.25) is 0 Å². The van der Waals surface area contributed by atoms with Gasteiger partial charge in [0.1, 0.15) is 0 Å². The van der Waals surface area contributed by atoms with E-state index >= 15 is 0 Å². The molecule has 35 heavy (non-hydrogen) atoms. The van der Waals surface area contributed by atoms with Crippen molar-refractivity contribution in [3.05, 3.63) is 93.5 Å². The number of nitrogens with one attached hydrogen (secondary N) is 1. The highest BCUT2D eigenvalue weighted by atomic mass is 35.5. The topological polar surface area (TPSA) is 92.7 Å². The van der Waals surface area contributed by atoms with E-state index in [9.17, 15) is 18.3 Å². The lowest BCUT2D eigenvalue weighted by molar-refractivity contribution is 0.0526. The number of hydrogen-bond donors (Lipinski definition) is 2. The number of aliphatic hydroxyl groups excluding tert-OH is 1. The molecule has 0 unspecified atom stereocenters. The Morgan fingerprint density at radius 1 is 1.03 bits per heavy atom. The predicted octanol–water partition coefficient (Wildman–Crippen LogP) is 5.26. The van der Waals surface area contributed by atoms with Crippen LogP contribution in [0.1, 0.15) is 40.9 Å². The second kappa shape index (κ2) is 12.5. The molecule has 3 aromatic carbocycles. The monoisotopic (exact) mass is 535 g/mol. The molecule has 0 amide bonds. The summed E-state index contributed by atoms with van der Waals surface area (Å²) in [6, 6.07) is 17.8. The molecule has 2 N–H and O–H groups in total. The van der Waals surface area contributed by atoms with Gasteiger partial charge in [0, 0.05) is 11.6 Å². The first kappa shape index (κ1) is 27.2. The maximum absolute atomic E-state index is 13.0. The number of benzene rings is 3. The molecule has 9 heteroatoms. The van der Waals surface area contributed by atoms with Crippen molar-refractivity contribution in [1.82, 2.24) is 5.32 Å². The Kier molecular flexibility index (Phi) is 9.71. The minimum atomic E-state index is -3.79. The first-order valence-electron chi connectivity index (χ1n) is 11.2. The highest BCUT2D eigenvalue weighted by Gasteiger charge is 2.21. The van der Waals surface area contributed by atoms with E-state index in [1.807, 2.05) is 6.07 Å². The summed E-state index contributed by atoms with van der Waals surface area (Å²) < 4.78 is 30.9. The molecule has 186 valence electrons. The van der Waals surface area contributed by atoms with Crippen molar-refractivity contribution in [3.63, 3.8) is 0 Å². The number of halogens is 2. The number of aliphatic hydroxyl groups is 1. The molecule has 0 bridgehead atoms. The third kappa shape index (κ3) is 7.29. The van der Waals surface area contributed by atoms with Crippen LogP contribution in [0.5, 0.6) is 0 Å². The Bertz CT molecular complexity index is 1260. The van der Waals surface area contributed by atoms with Gasteiger partial charge >= 0.3 is 5.97 Å². The Balaban J connectivity index is 1.53. The Morgan fingerprint density at radius 2 is 1.74 bits per heavy atom. The van der Waals surface area contributed by atoms with Gasteiger partial charge in [-0.2, -0.15) is 0 Å². The van der Waals surface area contributed by atoms with Crippen molar-refractivity contribution in [2.45, 2.75) is 35.7 Å². The molecule has 0 saturated heterocycles. The number of esters is 1. The number of carbonyl (C=O) groups is 1. The van der Waals surface area contributed by atoms with Crippen molar-refractivity contribution in [2.24, 2.45) is 0 Å². The third-order valence-electron chi connectivity index (χ3n) is 5.37. The summed E-state index contributed by atoms with van der Waals surface area (Å²) in [5, 5.41) is 14.1. The molecular weight excluding hydrogens is 509 g/mol. The standard InChI is InChI=1S/C26H27Cl2NO5S/c1-2-34-26(31)23-13-12-22(16-24(23)28)35(32,33)21-10-8-18(9-11-21)5-4-14-29-17-25(30)19-6-3-7-20(27)15-19/h3,6-13,15-16,25,29-30H,2,4-5,14,17H2,1H3/t25-/m1/s1. The van der Waals surface area contributed by atoms with E-state index in [0.29, 0.717) is 18.1 Å². The van der Waals surface area contributed by atoms with E-state index in [-0.39, 0.29) is 27.0 Å². The second-order valence-corrected chi connectivity index (χ2v) is 10.7. The molecule has 6 nitrogen and oxygen atoms in total. The predicted molar refractivity (Wildman–Crippen MR) is 137 cm³/mol. The lowest BCUT2D eigenvalue weighted by Crippen LogP contribution is -2.22. The normalized spacial score (nSPS) is 12.3. The second-order valence-electron chi connectivity index (χ2n) is 7.89. The largest absolute Gasteiger partial charge is 0.462 e. The number of carbonyl (C=O) groups excluding carboxylic acids is 1. The smallest absolute Gasteiger partial charge is 0.339 e. The zero-order chi connectivity index (χ0) is 25.4. The van der Waals surface area contributed by atoms with Crippen molar-refractivity contribution in [2.75, 3.05) is 19.7 Å². The van der Waals surface area contributed by atoms with Crippen LogP contribution >= 0.6 is 23.2 Å². The molecule has 0 heterocycles. The number of ether oxygens (including phenoxy) is 1. The summed E-state index contributed by atoms with van der Waals surface area (Å²) in [5.74, 6) is -0.598. The van der Waals surface area contributed by atoms with Crippen LogP contribution in [-0.2, 0) is 21.0 Å². The van der Waals surface area contributed by atoms with Crippen LogP contribution in [0.4, 0.5) is 0 Å². The fourth-order valence-corrected chi connectivity index (χ4v) is 5.30. The number of rotatable bonds is 11. The average molecular weight is 536 g/mol. The van der Waals surface area contributed by atoms with Crippen molar-refractivity contribution in [3.8, 4) is 0 Å². The molecule has 3 aromatic rings. The Morgan fingerprint density at radius 3 is 2.40 bits per heavy atom. The SMILES string of the molecule is CCOC(=O)c1ccc(S(=O)(=O)c2ccc(CCCNC[C@@H](O)c3cccc(Cl)c3)cc2)cc1Cl. The molecule has 0 saturated carbocycles. The van der Waals surface area contributed by atoms with Crippen LogP contribution in [0.2, 0.25) is 10.0 Å². The maximum atomic E-state index is 13.0. The van der Waals surface area contributed by atoms with Gasteiger partial charge in [0.05, 0.1) is 33.1 Å². The molecule has 0 fully saturated rings. The Labute approximate surface area is 215 Å². The quantitative estimate of drug-likeness (QED) is 0.257. The number of hydrogen-bond acceptors (Lipinski definition) is 6. The van der Waals surface area contributed by atoms with Crippen LogP contribution in [0, 0.1) is 0 Å². The van der Waals surface area contributed by atoms with Gasteiger partial charge < -0.3 is 15.2 Å². The highest BCUT2D eigenvalue weighted by Crippen LogP contribution is 2.27. The summed E-state index contributed by atoms with van der Waals surface area (Å²) in [4.78, 5) is 12.0. The molecule has 0 aliphatic rings. The molecule has 0 aromatic heterocycles. The molecule has 0 radical (unpaired) electrons. The average Bonchev–Trinajstić information content (AvgIpc) is 2.84. The Hall–Kier alpha value is -2.42. The van der Waals surface area contributed by atoms with Crippen molar-refractivity contribution >= 4 is 39.0 Å². The first-order chi connectivity index (χ1) is 16.7. The minimum Gasteiger partial charge on any atom is -0.462 e. The molecular formula is C26H27Cl2NO5S. The van der Waals surface area contributed by atoms with E-state index in [0.717, 1.165) is 24.0 Å². The van der Waals surface area contributed by atoms with Gasteiger partial charge in [0.25, 0.3) is 0 Å². The van der Waals surface area contributed by atoms with E-state index < -0.39 is 21.9 Å². The van der Waals surface area contributed by atoms with E-state index in [4.69, 9.17) is 27.9 Å². The van der Waals surface area contributed by atoms with Crippen molar-refractivity contribution < 1.29 is 23.1 Å². The number of aryl methyl sites for hydroxylation is 1. The molecule has 0 spiro atoms. The number of sulfone groups is 1. The van der Waals surface area contributed by atoms with Crippen LogP contribution in [0.25, 0.3) is 0 Å². The molecule has 3 rings (SSSR count). The summed E-state index contributed by atoms with van der Waals surface area (Å²) >= 11 is 12.1. The van der Waals surface area contributed by atoms with Gasteiger partial charge in [0.2, 0.25) is 9.84 Å². The van der Waals surface area contributed by atoms with E-state index in [2.05, 4.69) is 5.32 Å². The van der Waals surface area contributed by atoms with E-state index in [1.54, 1.807) is 49.4 Å². The molecule has 0 aliphatic heterocycles. The minimum absolute atomic E-state index is 0.00533. The first-order valence-corrected chi connectivity index (χ1v) is 13.4. The van der Waals surface area contributed by atoms with Crippen LogP contribution in [0.15, 0.2) is 76.5 Å². The third-order valence-corrected chi connectivity index (χ3v) is 7.69.